The molecule has 1 heterocycles. The van der Waals surface area contributed by atoms with Crippen LogP contribution in [-0.2, 0) is 4.74 Å². The van der Waals surface area contributed by atoms with Crippen LogP contribution in [0.4, 0.5) is 5.82 Å². The van der Waals surface area contributed by atoms with Crippen molar-refractivity contribution in [2.45, 2.75) is 32.7 Å². The Morgan fingerprint density at radius 1 is 1.56 bits per heavy atom. The zero-order valence-electron chi connectivity index (χ0n) is 11.3. The number of aliphatic hydroxyl groups is 1. The lowest BCUT2D eigenvalue weighted by Gasteiger charge is -2.28. The molecule has 0 bridgehead atoms. The van der Waals surface area contributed by atoms with Gasteiger partial charge in [-0.2, -0.15) is 0 Å². The zero-order chi connectivity index (χ0) is 13.8. The summed E-state index contributed by atoms with van der Waals surface area (Å²) in [6.07, 6.45) is 0.767. The van der Waals surface area contributed by atoms with Gasteiger partial charge in [0, 0.05) is 0 Å². The first-order valence-electron chi connectivity index (χ1n) is 5.90. The van der Waals surface area contributed by atoms with Gasteiger partial charge in [-0.05, 0) is 32.4 Å². The van der Waals surface area contributed by atoms with Crippen molar-refractivity contribution in [1.82, 2.24) is 4.98 Å². The predicted molar refractivity (Wildman–Crippen MR) is 69.7 cm³/mol. The van der Waals surface area contributed by atoms with Crippen LogP contribution in [0.3, 0.4) is 0 Å². The van der Waals surface area contributed by atoms with E-state index in [0.29, 0.717) is 17.1 Å². The molecule has 1 aromatic rings. The summed E-state index contributed by atoms with van der Waals surface area (Å²) in [5, 5.41) is 12.5. The van der Waals surface area contributed by atoms with Gasteiger partial charge >= 0.3 is 5.97 Å². The van der Waals surface area contributed by atoms with Crippen molar-refractivity contribution in [3.05, 3.63) is 23.4 Å². The van der Waals surface area contributed by atoms with Crippen LogP contribution in [0.1, 0.15) is 36.3 Å². The molecule has 18 heavy (non-hydrogen) atoms. The van der Waals surface area contributed by atoms with E-state index in [1.807, 2.05) is 13.8 Å². The van der Waals surface area contributed by atoms with E-state index in [-0.39, 0.29) is 6.61 Å². The van der Waals surface area contributed by atoms with Crippen LogP contribution >= 0.6 is 0 Å². The Balaban J connectivity index is 2.94. The summed E-state index contributed by atoms with van der Waals surface area (Å²) >= 11 is 0. The number of pyridine rings is 1. The van der Waals surface area contributed by atoms with Crippen LogP contribution in [0.2, 0.25) is 0 Å². The van der Waals surface area contributed by atoms with Crippen LogP contribution in [0.25, 0.3) is 0 Å². The predicted octanol–water partition coefficient (Wildman–Crippen LogP) is 1.75. The van der Waals surface area contributed by atoms with E-state index in [1.165, 1.54) is 7.11 Å². The lowest BCUT2D eigenvalue weighted by molar-refractivity contribution is 0.0599. The number of rotatable bonds is 5. The summed E-state index contributed by atoms with van der Waals surface area (Å²) in [5.41, 5.74) is 0.639. The number of carbonyl (C=O) groups excluding carboxylic acids is 1. The number of esters is 1. The number of hydrogen-bond acceptors (Lipinski definition) is 5. The number of nitrogens with zero attached hydrogens (tertiary/aromatic N) is 1. The molecule has 0 amide bonds. The van der Waals surface area contributed by atoms with E-state index < -0.39 is 11.5 Å². The number of methoxy groups -OCH3 is 1. The first-order chi connectivity index (χ1) is 8.45. The maximum Gasteiger partial charge on any atom is 0.339 e. The molecule has 5 heteroatoms. The van der Waals surface area contributed by atoms with Gasteiger partial charge in [0.1, 0.15) is 5.82 Å². The fourth-order valence-electron chi connectivity index (χ4n) is 1.51. The molecular formula is C13H20N2O3. The fourth-order valence-corrected chi connectivity index (χ4v) is 1.51. The molecule has 1 aromatic heterocycles. The number of aryl methyl sites for hydroxylation is 1. The highest BCUT2D eigenvalue weighted by molar-refractivity contribution is 5.90. The van der Waals surface area contributed by atoms with Crippen molar-refractivity contribution in [3.8, 4) is 0 Å². The summed E-state index contributed by atoms with van der Waals surface area (Å²) in [6, 6.07) is 3.38. The maximum absolute atomic E-state index is 11.4. The Kier molecular flexibility index (Phi) is 4.67. The Labute approximate surface area is 107 Å². The van der Waals surface area contributed by atoms with Gasteiger partial charge in [-0.1, -0.05) is 6.92 Å². The van der Waals surface area contributed by atoms with Gasteiger partial charge in [0.05, 0.1) is 30.5 Å². The van der Waals surface area contributed by atoms with E-state index in [4.69, 9.17) is 0 Å². The molecule has 0 aliphatic rings. The molecule has 0 aliphatic carbocycles. The molecule has 1 atom stereocenters. The fraction of sp³-hybridized carbons (Fsp3) is 0.538. The Bertz CT molecular complexity index is 428. The number of carbonyl (C=O) groups is 1. The van der Waals surface area contributed by atoms with Crippen LogP contribution in [0.15, 0.2) is 12.1 Å². The van der Waals surface area contributed by atoms with Gasteiger partial charge in [0.2, 0.25) is 0 Å². The van der Waals surface area contributed by atoms with Gasteiger partial charge in [-0.25, -0.2) is 9.78 Å². The van der Waals surface area contributed by atoms with E-state index in [1.54, 1.807) is 19.1 Å². The second-order valence-electron chi connectivity index (χ2n) is 4.52. The van der Waals surface area contributed by atoms with E-state index >= 15 is 0 Å². The van der Waals surface area contributed by atoms with Crippen LogP contribution in [0, 0.1) is 6.92 Å². The molecule has 0 saturated heterocycles. The van der Waals surface area contributed by atoms with Crippen molar-refractivity contribution in [3.63, 3.8) is 0 Å². The van der Waals surface area contributed by atoms with Crippen molar-refractivity contribution >= 4 is 11.8 Å². The SMILES string of the molecule is CCC(C)(CO)Nc1ccc(C(=O)OC)c(C)n1. The molecule has 0 fully saturated rings. The normalized spacial score (nSPS) is 13.8. The zero-order valence-corrected chi connectivity index (χ0v) is 11.3. The van der Waals surface area contributed by atoms with Crippen molar-refractivity contribution in [1.29, 1.82) is 0 Å². The monoisotopic (exact) mass is 252 g/mol. The molecule has 0 aromatic carbocycles. The average Bonchev–Trinajstić information content (AvgIpc) is 2.38. The number of anilines is 1. The Morgan fingerprint density at radius 3 is 2.67 bits per heavy atom. The number of hydrogen-bond donors (Lipinski definition) is 2. The molecule has 1 rings (SSSR count). The minimum Gasteiger partial charge on any atom is -0.465 e. The lowest BCUT2D eigenvalue weighted by Crippen LogP contribution is -2.38. The van der Waals surface area contributed by atoms with Crippen molar-refractivity contribution < 1.29 is 14.6 Å². The molecule has 5 nitrogen and oxygen atoms in total. The summed E-state index contributed by atoms with van der Waals surface area (Å²) in [7, 11) is 1.34. The largest absolute Gasteiger partial charge is 0.465 e. The molecule has 100 valence electrons. The molecule has 2 N–H and O–H groups in total. The highest BCUT2D eigenvalue weighted by Gasteiger charge is 2.21. The molecule has 0 aliphatic heterocycles. The van der Waals surface area contributed by atoms with Crippen molar-refractivity contribution in [2.24, 2.45) is 0 Å². The maximum atomic E-state index is 11.4. The highest BCUT2D eigenvalue weighted by atomic mass is 16.5. The lowest BCUT2D eigenvalue weighted by atomic mass is 10.0. The topological polar surface area (TPSA) is 71.5 Å². The summed E-state index contributed by atoms with van der Waals surface area (Å²) in [6.45, 7) is 5.67. The van der Waals surface area contributed by atoms with Crippen LogP contribution in [-0.4, -0.2) is 35.3 Å². The van der Waals surface area contributed by atoms with Crippen LogP contribution in [0.5, 0.6) is 0 Å². The Hall–Kier alpha value is -1.62. The van der Waals surface area contributed by atoms with Gasteiger partial charge in [0.25, 0.3) is 0 Å². The second-order valence-corrected chi connectivity index (χ2v) is 4.52. The van der Waals surface area contributed by atoms with Crippen LogP contribution < -0.4 is 5.32 Å². The number of nitrogens with one attached hydrogen (secondary N) is 1. The molecule has 1 unspecified atom stereocenters. The first-order valence-corrected chi connectivity index (χ1v) is 5.90. The van der Waals surface area contributed by atoms with E-state index in [9.17, 15) is 9.90 Å². The summed E-state index contributed by atoms with van der Waals surface area (Å²) in [5.74, 6) is 0.241. The van der Waals surface area contributed by atoms with E-state index in [0.717, 1.165) is 6.42 Å². The van der Waals surface area contributed by atoms with Gasteiger partial charge in [0.15, 0.2) is 0 Å². The smallest absolute Gasteiger partial charge is 0.339 e. The molecule has 0 spiro atoms. The van der Waals surface area contributed by atoms with Gasteiger partial charge in [-0.3, -0.25) is 0 Å². The summed E-state index contributed by atoms with van der Waals surface area (Å²) in [4.78, 5) is 15.7. The first kappa shape index (κ1) is 14.4. The van der Waals surface area contributed by atoms with Gasteiger partial charge < -0.3 is 15.2 Å². The number of aliphatic hydroxyl groups excluding tert-OH is 1. The molecule has 0 saturated carbocycles. The quantitative estimate of drug-likeness (QED) is 0.781. The Morgan fingerprint density at radius 2 is 2.22 bits per heavy atom. The van der Waals surface area contributed by atoms with Crippen molar-refractivity contribution in [2.75, 3.05) is 19.0 Å². The number of ether oxygens (including phenoxy) is 1. The molecular weight excluding hydrogens is 232 g/mol. The third-order valence-corrected chi connectivity index (χ3v) is 3.05. The average molecular weight is 252 g/mol. The minimum atomic E-state index is -0.410. The minimum absolute atomic E-state index is 0.0168. The molecule has 0 radical (unpaired) electrons. The number of aromatic nitrogens is 1. The highest BCUT2D eigenvalue weighted by Crippen LogP contribution is 2.18. The van der Waals surface area contributed by atoms with Gasteiger partial charge in [-0.15, -0.1) is 0 Å². The third-order valence-electron chi connectivity index (χ3n) is 3.05. The second kappa shape index (κ2) is 5.82. The van der Waals surface area contributed by atoms with E-state index in [2.05, 4.69) is 15.0 Å². The standard InChI is InChI=1S/C13H20N2O3/c1-5-13(3,8-16)15-11-7-6-10(9(2)14-11)12(17)18-4/h6-7,16H,5,8H2,1-4H3,(H,14,15). The third kappa shape index (κ3) is 3.20. The summed E-state index contributed by atoms with van der Waals surface area (Å²) < 4.78 is 4.66.